The van der Waals surface area contributed by atoms with Crippen LogP contribution in [0.4, 0.5) is 16.2 Å². The second kappa shape index (κ2) is 7.08. The highest BCUT2D eigenvalue weighted by Crippen LogP contribution is 2.37. The van der Waals surface area contributed by atoms with E-state index in [1.165, 1.54) is 0 Å². The van der Waals surface area contributed by atoms with Gasteiger partial charge in [-0.3, -0.25) is 4.79 Å². The van der Waals surface area contributed by atoms with E-state index >= 15 is 0 Å². The van der Waals surface area contributed by atoms with Crippen molar-refractivity contribution in [3.63, 3.8) is 0 Å². The number of anilines is 2. The van der Waals surface area contributed by atoms with Crippen molar-refractivity contribution in [3.8, 4) is 23.0 Å². The molecule has 29 heavy (non-hydrogen) atoms. The normalized spacial score (nSPS) is 18.8. The molecule has 0 aliphatic carbocycles. The van der Waals surface area contributed by atoms with Gasteiger partial charge in [0.2, 0.25) is 19.5 Å². The summed E-state index contributed by atoms with van der Waals surface area (Å²) in [4.78, 5) is 26.3. The Morgan fingerprint density at radius 1 is 0.966 bits per heavy atom. The van der Waals surface area contributed by atoms with Gasteiger partial charge >= 0.3 is 6.03 Å². The molecule has 2 aromatic rings. The lowest BCUT2D eigenvalue weighted by atomic mass is 10.1. The molecule has 0 saturated carbocycles. The van der Waals surface area contributed by atoms with Gasteiger partial charge in [-0.05, 0) is 24.3 Å². The number of ether oxygens (including phenoxy) is 4. The zero-order valence-electron chi connectivity index (χ0n) is 15.5. The molecule has 0 radical (unpaired) electrons. The highest BCUT2D eigenvalue weighted by atomic mass is 16.7. The average molecular weight is 397 g/mol. The monoisotopic (exact) mass is 397 g/mol. The van der Waals surface area contributed by atoms with Crippen LogP contribution in [0.25, 0.3) is 0 Å². The van der Waals surface area contributed by atoms with Crippen molar-refractivity contribution in [1.82, 2.24) is 5.32 Å². The highest BCUT2D eigenvalue weighted by Gasteiger charge is 2.31. The quantitative estimate of drug-likeness (QED) is 0.822. The molecule has 2 aromatic carbocycles. The predicted octanol–water partition coefficient (Wildman–Crippen LogP) is 2.32. The Morgan fingerprint density at radius 2 is 1.66 bits per heavy atom. The van der Waals surface area contributed by atoms with E-state index in [4.69, 9.17) is 18.9 Å². The number of hydrogen-bond donors (Lipinski definition) is 2. The average Bonchev–Trinajstić information content (AvgIpc) is 3.44. The van der Waals surface area contributed by atoms with Gasteiger partial charge in [-0.2, -0.15) is 0 Å². The second-order valence-corrected chi connectivity index (χ2v) is 7.02. The van der Waals surface area contributed by atoms with Crippen LogP contribution >= 0.6 is 0 Å². The summed E-state index contributed by atoms with van der Waals surface area (Å²) >= 11 is 0. The Labute approximate surface area is 166 Å². The number of nitrogens with zero attached hydrogens (tertiary/aromatic N) is 1. The summed E-state index contributed by atoms with van der Waals surface area (Å²) in [5.41, 5.74) is 1.38. The Morgan fingerprint density at radius 3 is 2.45 bits per heavy atom. The zero-order chi connectivity index (χ0) is 19.8. The van der Waals surface area contributed by atoms with E-state index in [-0.39, 0.29) is 31.4 Å². The van der Waals surface area contributed by atoms with Gasteiger partial charge in [0.05, 0.1) is 0 Å². The van der Waals surface area contributed by atoms with Crippen molar-refractivity contribution >= 4 is 23.3 Å². The fourth-order valence-corrected chi connectivity index (χ4v) is 3.61. The molecule has 0 bridgehead atoms. The largest absolute Gasteiger partial charge is 0.454 e. The molecule has 9 nitrogen and oxygen atoms in total. The molecular formula is C20H19N3O6. The van der Waals surface area contributed by atoms with Crippen LogP contribution in [0.5, 0.6) is 23.0 Å². The number of hydrogen-bond acceptors (Lipinski definition) is 6. The lowest BCUT2D eigenvalue weighted by molar-refractivity contribution is -0.117. The molecule has 1 fully saturated rings. The molecule has 3 amide bonds. The van der Waals surface area contributed by atoms with Crippen LogP contribution in [0.1, 0.15) is 6.42 Å². The third-order valence-corrected chi connectivity index (χ3v) is 5.05. The molecule has 3 aliphatic heterocycles. The number of carbonyl (C=O) groups excluding carboxylic acids is 2. The molecule has 5 rings (SSSR count). The minimum absolute atomic E-state index is 0.0202. The Bertz CT molecular complexity index is 979. The van der Waals surface area contributed by atoms with Crippen molar-refractivity contribution in [1.29, 1.82) is 0 Å². The van der Waals surface area contributed by atoms with Crippen LogP contribution in [-0.4, -0.2) is 38.6 Å². The van der Waals surface area contributed by atoms with Crippen LogP contribution in [0, 0.1) is 5.92 Å². The summed E-state index contributed by atoms with van der Waals surface area (Å²) in [5.74, 6) is 2.62. The van der Waals surface area contributed by atoms with E-state index in [1.807, 2.05) is 12.1 Å². The number of urea groups is 1. The molecule has 9 heteroatoms. The molecule has 0 aromatic heterocycles. The zero-order valence-corrected chi connectivity index (χ0v) is 15.5. The molecule has 150 valence electrons. The maximum absolute atomic E-state index is 12.4. The number of amides is 3. The predicted molar refractivity (Wildman–Crippen MR) is 103 cm³/mol. The number of rotatable bonds is 4. The Kier molecular flexibility index (Phi) is 4.27. The minimum atomic E-state index is -0.335. The standard InChI is InChI=1S/C20H19N3O6/c24-19-5-12(9-23(19)14-2-4-16-18(7-14)29-11-27-16)8-21-20(25)22-13-1-3-15-17(6-13)28-10-26-15/h1-4,6-7,12H,5,8-11H2,(H2,21,22,25)/t12-/m1/s1. The van der Waals surface area contributed by atoms with Gasteiger partial charge in [-0.15, -0.1) is 0 Å². The van der Waals surface area contributed by atoms with Crippen LogP contribution < -0.4 is 34.5 Å². The third-order valence-electron chi connectivity index (χ3n) is 5.05. The van der Waals surface area contributed by atoms with Gasteiger partial charge in [0.1, 0.15) is 0 Å². The van der Waals surface area contributed by atoms with Crippen LogP contribution in [0.2, 0.25) is 0 Å². The summed E-state index contributed by atoms with van der Waals surface area (Å²) in [5, 5.41) is 5.59. The van der Waals surface area contributed by atoms with Crippen LogP contribution in [0.3, 0.4) is 0 Å². The van der Waals surface area contributed by atoms with Gasteiger partial charge in [-0.1, -0.05) is 0 Å². The van der Waals surface area contributed by atoms with E-state index < -0.39 is 0 Å². The summed E-state index contributed by atoms with van der Waals surface area (Å²) in [6, 6.07) is 10.3. The van der Waals surface area contributed by atoms with E-state index in [0.29, 0.717) is 48.2 Å². The molecule has 2 N–H and O–H groups in total. The van der Waals surface area contributed by atoms with E-state index in [1.54, 1.807) is 29.2 Å². The van der Waals surface area contributed by atoms with Crippen molar-refractivity contribution in [2.45, 2.75) is 6.42 Å². The van der Waals surface area contributed by atoms with E-state index in [2.05, 4.69) is 10.6 Å². The molecular weight excluding hydrogens is 378 g/mol. The molecule has 3 heterocycles. The molecule has 0 unspecified atom stereocenters. The van der Waals surface area contributed by atoms with Crippen molar-refractivity contribution in [3.05, 3.63) is 36.4 Å². The fraction of sp³-hybridized carbons (Fsp3) is 0.300. The summed E-state index contributed by atoms with van der Waals surface area (Å²) in [6.07, 6.45) is 0.374. The lowest BCUT2D eigenvalue weighted by Gasteiger charge is -2.17. The maximum Gasteiger partial charge on any atom is 0.319 e. The van der Waals surface area contributed by atoms with E-state index in [9.17, 15) is 9.59 Å². The molecule has 0 spiro atoms. The fourth-order valence-electron chi connectivity index (χ4n) is 3.61. The van der Waals surface area contributed by atoms with Gasteiger partial charge in [0.15, 0.2) is 23.0 Å². The Hall–Kier alpha value is -3.62. The van der Waals surface area contributed by atoms with Crippen LogP contribution in [-0.2, 0) is 4.79 Å². The van der Waals surface area contributed by atoms with Crippen LogP contribution in [0.15, 0.2) is 36.4 Å². The summed E-state index contributed by atoms with van der Waals surface area (Å²) in [7, 11) is 0. The Balaban J connectivity index is 1.16. The first kappa shape index (κ1) is 17.5. The number of nitrogens with one attached hydrogen (secondary N) is 2. The number of fused-ring (bicyclic) bond motifs is 2. The molecule has 3 aliphatic rings. The van der Waals surface area contributed by atoms with Crippen molar-refractivity contribution < 1.29 is 28.5 Å². The smallest absolute Gasteiger partial charge is 0.319 e. The SMILES string of the molecule is O=C(NC[C@H]1CC(=O)N(c2ccc3c(c2)OCO3)C1)Nc1ccc2c(c1)OCO2. The minimum Gasteiger partial charge on any atom is -0.454 e. The van der Waals surface area contributed by atoms with Gasteiger partial charge in [-0.25, -0.2) is 4.79 Å². The summed E-state index contributed by atoms with van der Waals surface area (Å²) in [6.45, 7) is 1.30. The number of carbonyl (C=O) groups is 2. The maximum atomic E-state index is 12.4. The first-order valence-electron chi connectivity index (χ1n) is 9.30. The topological polar surface area (TPSA) is 98.4 Å². The summed E-state index contributed by atoms with van der Waals surface area (Å²) < 4.78 is 21.2. The molecule has 1 saturated heterocycles. The van der Waals surface area contributed by atoms with Crippen molar-refractivity contribution in [2.75, 3.05) is 36.9 Å². The highest BCUT2D eigenvalue weighted by molar-refractivity contribution is 5.96. The van der Waals surface area contributed by atoms with Gasteiger partial charge in [0.25, 0.3) is 0 Å². The van der Waals surface area contributed by atoms with Gasteiger partial charge < -0.3 is 34.5 Å². The third kappa shape index (κ3) is 3.46. The van der Waals surface area contributed by atoms with E-state index in [0.717, 1.165) is 5.69 Å². The lowest BCUT2D eigenvalue weighted by Crippen LogP contribution is -2.34. The molecule has 1 atom stereocenters. The van der Waals surface area contributed by atoms with Gasteiger partial charge in [0, 0.05) is 48.9 Å². The number of benzene rings is 2. The first-order valence-corrected chi connectivity index (χ1v) is 9.30. The van der Waals surface area contributed by atoms with Crippen molar-refractivity contribution in [2.24, 2.45) is 5.92 Å². The first-order chi connectivity index (χ1) is 14.2. The second-order valence-electron chi connectivity index (χ2n) is 7.02.